The topological polar surface area (TPSA) is 96.8 Å². The number of piperidine rings is 1. The largest absolute Gasteiger partial charge is 0.452 e. The van der Waals surface area contributed by atoms with E-state index in [0.717, 1.165) is 0 Å². The zero-order valence-corrected chi connectivity index (χ0v) is 14.5. The van der Waals surface area contributed by atoms with Crippen LogP contribution >= 0.6 is 0 Å². The van der Waals surface area contributed by atoms with Crippen LogP contribution in [0.15, 0.2) is 32.2 Å². The molecule has 2 aromatic heterocycles. The molecule has 2 aromatic rings. The van der Waals surface area contributed by atoms with E-state index in [1.807, 2.05) is 6.92 Å². The van der Waals surface area contributed by atoms with Crippen LogP contribution in [0.3, 0.4) is 0 Å². The third kappa shape index (κ3) is 3.51. The number of sulfonamides is 1. The van der Waals surface area contributed by atoms with Gasteiger partial charge in [-0.05, 0) is 31.4 Å². The van der Waals surface area contributed by atoms with Crippen molar-refractivity contribution in [1.82, 2.24) is 9.46 Å². The summed E-state index contributed by atoms with van der Waals surface area (Å²) >= 11 is 0. The molecule has 1 aliphatic rings. The highest BCUT2D eigenvalue weighted by Gasteiger charge is 2.38. The van der Waals surface area contributed by atoms with Crippen LogP contribution in [-0.4, -0.2) is 41.7 Å². The number of aliphatic hydroxyl groups is 1. The van der Waals surface area contributed by atoms with Gasteiger partial charge in [0.1, 0.15) is 5.69 Å². The quantitative estimate of drug-likeness (QED) is 0.857. The summed E-state index contributed by atoms with van der Waals surface area (Å²) in [5.41, 5.74) is -0.250. The predicted molar refractivity (Wildman–Crippen MR) is 82.4 cm³/mol. The van der Waals surface area contributed by atoms with Gasteiger partial charge in [-0.3, -0.25) is 0 Å². The number of furan rings is 1. The number of aromatic nitrogens is 1. The molecule has 26 heavy (non-hydrogen) atoms. The zero-order chi connectivity index (χ0) is 19.1. The van der Waals surface area contributed by atoms with Crippen LogP contribution in [0.25, 0.3) is 11.5 Å². The Kier molecular flexibility index (Phi) is 4.88. The molecule has 3 heterocycles. The van der Waals surface area contributed by atoms with Gasteiger partial charge in [-0.2, -0.15) is 17.5 Å². The third-order valence-corrected chi connectivity index (χ3v) is 6.12. The van der Waals surface area contributed by atoms with Gasteiger partial charge in [-0.25, -0.2) is 8.42 Å². The summed E-state index contributed by atoms with van der Waals surface area (Å²) in [4.78, 5) is 0. The molecular formula is C15H17F3N2O5S. The number of alkyl halides is 3. The van der Waals surface area contributed by atoms with Crippen molar-refractivity contribution in [3.63, 3.8) is 0 Å². The Labute approximate surface area is 147 Å². The highest BCUT2D eigenvalue weighted by molar-refractivity contribution is 7.89. The maximum absolute atomic E-state index is 12.8. The lowest BCUT2D eigenvalue weighted by Crippen LogP contribution is -2.47. The zero-order valence-electron chi connectivity index (χ0n) is 13.7. The fourth-order valence-corrected chi connectivity index (χ4v) is 4.57. The van der Waals surface area contributed by atoms with E-state index in [1.165, 1.54) is 16.4 Å². The molecule has 0 aliphatic carbocycles. The molecule has 3 rings (SSSR count). The number of nitrogens with zero attached hydrogens (tertiary/aromatic N) is 2. The lowest BCUT2D eigenvalue weighted by molar-refractivity contribution is -0.155. The average molecular weight is 394 g/mol. The lowest BCUT2D eigenvalue weighted by atomic mass is 10.0. The van der Waals surface area contributed by atoms with Crippen molar-refractivity contribution in [2.24, 2.45) is 0 Å². The third-order valence-electron chi connectivity index (χ3n) is 4.29. The number of hydrogen-bond donors (Lipinski definition) is 1. The van der Waals surface area contributed by atoms with Crippen molar-refractivity contribution in [3.05, 3.63) is 24.0 Å². The average Bonchev–Trinajstić information content (AvgIpc) is 3.23. The van der Waals surface area contributed by atoms with Gasteiger partial charge in [0.05, 0.1) is 6.10 Å². The standard InChI is InChI=1S/C15H17F3N2O5S/c1-2-9-7-10(21)5-6-20(9)26(22,23)14-4-3-12(24-14)11-8-13(25-19-11)15(16,17)18/h3-4,8-10,21H,2,5-7H2,1H3/t9-,10-/m0/s1. The fraction of sp³-hybridized carbons (Fsp3) is 0.533. The van der Waals surface area contributed by atoms with E-state index in [1.54, 1.807) is 0 Å². The second-order valence-corrected chi connectivity index (χ2v) is 7.87. The molecule has 0 amide bonds. The molecule has 0 radical (unpaired) electrons. The van der Waals surface area contributed by atoms with E-state index in [-0.39, 0.29) is 29.1 Å². The Balaban J connectivity index is 1.88. The van der Waals surface area contributed by atoms with Crippen LogP contribution in [0.2, 0.25) is 0 Å². The van der Waals surface area contributed by atoms with Gasteiger partial charge < -0.3 is 14.0 Å². The van der Waals surface area contributed by atoms with Crippen LogP contribution in [-0.2, 0) is 16.2 Å². The van der Waals surface area contributed by atoms with Gasteiger partial charge in [0.25, 0.3) is 10.0 Å². The minimum absolute atomic E-state index is 0.139. The first kappa shape index (κ1) is 18.9. The number of rotatable bonds is 4. The van der Waals surface area contributed by atoms with Crippen molar-refractivity contribution < 1.29 is 35.6 Å². The lowest BCUT2D eigenvalue weighted by Gasteiger charge is -2.35. The fourth-order valence-electron chi connectivity index (χ4n) is 2.93. The summed E-state index contributed by atoms with van der Waals surface area (Å²) in [6, 6.07) is 2.66. The molecular weight excluding hydrogens is 377 g/mol. The Hall–Kier alpha value is -1.85. The van der Waals surface area contributed by atoms with E-state index < -0.39 is 28.1 Å². The van der Waals surface area contributed by atoms with E-state index in [9.17, 15) is 26.7 Å². The molecule has 11 heteroatoms. The Bertz CT molecular complexity index is 874. The van der Waals surface area contributed by atoms with Crippen molar-refractivity contribution >= 4 is 10.0 Å². The first-order valence-electron chi connectivity index (χ1n) is 7.97. The van der Waals surface area contributed by atoms with Crippen LogP contribution in [0.1, 0.15) is 31.9 Å². The SMILES string of the molecule is CC[C@H]1C[C@@H](O)CCN1S(=O)(=O)c1ccc(-c2cc(C(F)(F)F)on2)o1. The molecule has 1 N–H and O–H groups in total. The Morgan fingerprint density at radius 1 is 1.38 bits per heavy atom. The minimum Gasteiger partial charge on any atom is -0.441 e. The molecule has 0 aromatic carbocycles. The molecule has 0 bridgehead atoms. The maximum atomic E-state index is 12.8. The number of hydrogen-bond acceptors (Lipinski definition) is 6. The van der Waals surface area contributed by atoms with Gasteiger partial charge in [0.15, 0.2) is 5.76 Å². The monoisotopic (exact) mass is 394 g/mol. The highest BCUT2D eigenvalue weighted by atomic mass is 32.2. The summed E-state index contributed by atoms with van der Waals surface area (Å²) in [6.45, 7) is 1.95. The molecule has 0 spiro atoms. The van der Waals surface area contributed by atoms with E-state index >= 15 is 0 Å². The summed E-state index contributed by atoms with van der Waals surface area (Å²) < 4.78 is 74.1. The van der Waals surface area contributed by atoms with Gasteiger partial charge in [0, 0.05) is 18.7 Å². The Morgan fingerprint density at radius 2 is 2.12 bits per heavy atom. The van der Waals surface area contributed by atoms with Crippen LogP contribution < -0.4 is 0 Å². The molecule has 0 unspecified atom stereocenters. The van der Waals surface area contributed by atoms with Gasteiger partial charge in [0.2, 0.25) is 10.9 Å². The summed E-state index contributed by atoms with van der Waals surface area (Å²) in [7, 11) is -3.98. The first-order valence-corrected chi connectivity index (χ1v) is 9.41. The Morgan fingerprint density at radius 3 is 2.73 bits per heavy atom. The number of halogens is 3. The van der Waals surface area contributed by atoms with Crippen molar-refractivity contribution in [2.75, 3.05) is 6.54 Å². The van der Waals surface area contributed by atoms with Gasteiger partial charge >= 0.3 is 6.18 Å². The van der Waals surface area contributed by atoms with E-state index in [2.05, 4.69) is 9.68 Å². The van der Waals surface area contributed by atoms with Crippen LogP contribution in [0.5, 0.6) is 0 Å². The van der Waals surface area contributed by atoms with Crippen molar-refractivity contribution in [3.8, 4) is 11.5 Å². The molecule has 7 nitrogen and oxygen atoms in total. The molecule has 1 fully saturated rings. The minimum atomic E-state index is -4.70. The summed E-state index contributed by atoms with van der Waals surface area (Å²) in [5, 5.41) is 12.6. The number of aliphatic hydroxyl groups excluding tert-OH is 1. The normalized spacial score (nSPS) is 22.7. The molecule has 0 saturated carbocycles. The smallest absolute Gasteiger partial charge is 0.441 e. The van der Waals surface area contributed by atoms with Crippen LogP contribution in [0.4, 0.5) is 13.2 Å². The predicted octanol–water partition coefficient (Wildman–Crippen LogP) is 2.88. The maximum Gasteiger partial charge on any atom is 0.452 e. The van der Waals surface area contributed by atoms with Crippen molar-refractivity contribution in [1.29, 1.82) is 0 Å². The second kappa shape index (κ2) is 6.71. The second-order valence-electron chi connectivity index (χ2n) is 6.05. The van der Waals surface area contributed by atoms with Crippen LogP contribution in [0, 0.1) is 0 Å². The van der Waals surface area contributed by atoms with Gasteiger partial charge in [-0.15, -0.1) is 0 Å². The van der Waals surface area contributed by atoms with Crippen molar-refractivity contribution in [2.45, 2.75) is 49.6 Å². The van der Waals surface area contributed by atoms with E-state index in [0.29, 0.717) is 25.3 Å². The molecule has 2 atom stereocenters. The molecule has 1 aliphatic heterocycles. The molecule has 144 valence electrons. The molecule has 1 saturated heterocycles. The summed E-state index contributed by atoms with van der Waals surface area (Å²) in [5.74, 6) is -1.45. The summed E-state index contributed by atoms with van der Waals surface area (Å²) in [6.07, 6.45) is -4.12. The van der Waals surface area contributed by atoms with E-state index in [4.69, 9.17) is 4.42 Å². The first-order chi connectivity index (χ1) is 12.1. The van der Waals surface area contributed by atoms with Gasteiger partial charge in [-0.1, -0.05) is 12.1 Å². The highest BCUT2D eigenvalue weighted by Crippen LogP contribution is 2.34.